The van der Waals surface area contributed by atoms with Crippen LogP contribution in [0.5, 0.6) is 5.75 Å². The van der Waals surface area contributed by atoms with Crippen LogP contribution in [0, 0.1) is 5.82 Å². The fourth-order valence-corrected chi connectivity index (χ4v) is 2.41. The summed E-state index contributed by atoms with van der Waals surface area (Å²) in [4.78, 5) is 0. The van der Waals surface area contributed by atoms with Crippen LogP contribution in [-0.4, -0.2) is 12.2 Å². The highest BCUT2D eigenvalue weighted by molar-refractivity contribution is 9.10. The standard InChI is InChI=1S/C15H14BrFO2/c1-19-15-7-4-11(9-13(15)16)14(18)8-10-2-5-12(17)6-3-10/h2-7,9,14,18H,8H2,1H3. The second kappa shape index (κ2) is 6.17. The average Bonchev–Trinajstić information content (AvgIpc) is 2.41. The molecule has 0 amide bonds. The van der Waals surface area contributed by atoms with Crippen molar-refractivity contribution in [3.8, 4) is 5.75 Å². The number of rotatable bonds is 4. The fourth-order valence-electron chi connectivity index (χ4n) is 1.85. The van der Waals surface area contributed by atoms with Crippen LogP contribution in [0.15, 0.2) is 46.9 Å². The number of aliphatic hydroxyl groups is 1. The maximum absolute atomic E-state index is 12.8. The summed E-state index contributed by atoms with van der Waals surface area (Å²) in [5.74, 6) is 0.447. The van der Waals surface area contributed by atoms with Gasteiger partial charge in [-0.3, -0.25) is 0 Å². The molecule has 0 aromatic heterocycles. The molecule has 0 aliphatic carbocycles. The first-order valence-corrected chi connectivity index (χ1v) is 6.65. The van der Waals surface area contributed by atoms with Crippen molar-refractivity contribution in [3.63, 3.8) is 0 Å². The van der Waals surface area contributed by atoms with E-state index in [0.717, 1.165) is 21.3 Å². The molecule has 0 bridgehead atoms. The molecule has 2 nitrogen and oxygen atoms in total. The van der Waals surface area contributed by atoms with E-state index in [1.807, 2.05) is 12.1 Å². The smallest absolute Gasteiger partial charge is 0.133 e. The quantitative estimate of drug-likeness (QED) is 0.925. The minimum Gasteiger partial charge on any atom is -0.496 e. The summed E-state index contributed by atoms with van der Waals surface area (Å²) in [6.45, 7) is 0. The molecular formula is C15H14BrFO2. The van der Waals surface area contributed by atoms with E-state index in [-0.39, 0.29) is 5.82 Å². The van der Waals surface area contributed by atoms with Gasteiger partial charge in [0, 0.05) is 6.42 Å². The Kier molecular flexibility index (Phi) is 4.56. The van der Waals surface area contributed by atoms with Crippen LogP contribution in [0.1, 0.15) is 17.2 Å². The Morgan fingerprint density at radius 1 is 1.21 bits per heavy atom. The van der Waals surface area contributed by atoms with E-state index >= 15 is 0 Å². The van der Waals surface area contributed by atoms with Crippen LogP contribution in [0.25, 0.3) is 0 Å². The summed E-state index contributed by atoms with van der Waals surface area (Å²) in [7, 11) is 1.59. The molecule has 2 aromatic carbocycles. The zero-order chi connectivity index (χ0) is 13.8. The zero-order valence-electron chi connectivity index (χ0n) is 10.4. The SMILES string of the molecule is COc1ccc(C(O)Cc2ccc(F)cc2)cc1Br. The summed E-state index contributed by atoms with van der Waals surface area (Å²) >= 11 is 3.38. The molecule has 0 saturated carbocycles. The number of hydrogen-bond acceptors (Lipinski definition) is 2. The van der Waals surface area contributed by atoms with Gasteiger partial charge in [0.05, 0.1) is 17.7 Å². The molecule has 0 aliphatic heterocycles. The molecule has 2 aromatic rings. The monoisotopic (exact) mass is 324 g/mol. The Labute approximate surface area is 120 Å². The number of ether oxygens (including phenoxy) is 1. The summed E-state index contributed by atoms with van der Waals surface area (Å²) in [5, 5.41) is 10.2. The number of halogens is 2. The van der Waals surface area contributed by atoms with Crippen molar-refractivity contribution in [2.75, 3.05) is 7.11 Å². The third-order valence-electron chi connectivity index (χ3n) is 2.90. The van der Waals surface area contributed by atoms with Gasteiger partial charge in [0.15, 0.2) is 0 Å². The van der Waals surface area contributed by atoms with E-state index in [1.54, 1.807) is 25.3 Å². The molecule has 4 heteroatoms. The predicted molar refractivity (Wildman–Crippen MR) is 75.8 cm³/mol. The molecule has 0 spiro atoms. The third kappa shape index (κ3) is 3.55. The van der Waals surface area contributed by atoms with Crippen LogP contribution < -0.4 is 4.74 Å². The van der Waals surface area contributed by atoms with Crippen LogP contribution in [-0.2, 0) is 6.42 Å². The summed E-state index contributed by atoms with van der Waals surface area (Å²) < 4.78 is 18.7. The first-order valence-electron chi connectivity index (χ1n) is 5.86. The van der Waals surface area contributed by atoms with Crippen LogP contribution in [0.3, 0.4) is 0 Å². The Bertz CT molecular complexity index is 555. The number of aliphatic hydroxyl groups excluding tert-OH is 1. The predicted octanol–water partition coefficient (Wildman–Crippen LogP) is 3.87. The molecular weight excluding hydrogens is 311 g/mol. The van der Waals surface area contributed by atoms with Gasteiger partial charge in [-0.25, -0.2) is 4.39 Å². The Balaban J connectivity index is 2.13. The fraction of sp³-hybridized carbons (Fsp3) is 0.200. The van der Waals surface area contributed by atoms with Crippen molar-refractivity contribution in [2.45, 2.75) is 12.5 Å². The normalized spacial score (nSPS) is 12.2. The van der Waals surface area contributed by atoms with Gasteiger partial charge in [-0.2, -0.15) is 0 Å². The maximum atomic E-state index is 12.8. The van der Waals surface area contributed by atoms with Crippen molar-refractivity contribution < 1.29 is 14.2 Å². The zero-order valence-corrected chi connectivity index (χ0v) is 12.0. The Morgan fingerprint density at radius 2 is 1.89 bits per heavy atom. The largest absolute Gasteiger partial charge is 0.496 e. The minimum atomic E-state index is -0.632. The molecule has 0 saturated heterocycles. The van der Waals surface area contributed by atoms with E-state index in [4.69, 9.17) is 4.74 Å². The number of benzene rings is 2. The maximum Gasteiger partial charge on any atom is 0.133 e. The van der Waals surface area contributed by atoms with Gasteiger partial charge < -0.3 is 9.84 Å². The highest BCUT2D eigenvalue weighted by atomic mass is 79.9. The average molecular weight is 325 g/mol. The van der Waals surface area contributed by atoms with E-state index in [9.17, 15) is 9.50 Å². The molecule has 0 fully saturated rings. The molecule has 0 aliphatic rings. The number of hydrogen-bond donors (Lipinski definition) is 1. The van der Waals surface area contributed by atoms with Crippen LogP contribution in [0.2, 0.25) is 0 Å². The van der Waals surface area contributed by atoms with Crippen molar-refractivity contribution in [1.82, 2.24) is 0 Å². The molecule has 1 atom stereocenters. The highest BCUT2D eigenvalue weighted by Crippen LogP contribution is 2.29. The summed E-state index contributed by atoms with van der Waals surface area (Å²) in [6, 6.07) is 11.6. The van der Waals surface area contributed by atoms with E-state index < -0.39 is 6.10 Å². The lowest BCUT2D eigenvalue weighted by molar-refractivity contribution is 0.178. The van der Waals surface area contributed by atoms with Gasteiger partial charge in [0.2, 0.25) is 0 Å². The molecule has 0 heterocycles. The van der Waals surface area contributed by atoms with E-state index in [0.29, 0.717) is 6.42 Å². The van der Waals surface area contributed by atoms with E-state index in [1.165, 1.54) is 12.1 Å². The lowest BCUT2D eigenvalue weighted by Gasteiger charge is -2.13. The Hall–Kier alpha value is -1.39. The first-order chi connectivity index (χ1) is 9.10. The van der Waals surface area contributed by atoms with Crippen molar-refractivity contribution >= 4 is 15.9 Å². The third-order valence-corrected chi connectivity index (χ3v) is 3.52. The Morgan fingerprint density at radius 3 is 2.47 bits per heavy atom. The molecule has 0 radical (unpaired) electrons. The second-order valence-electron chi connectivity index (χ2n) is 4.24. The number of methoxy groups -OCH3 is 1. The van der Waals surface area contributed by atoms with Gasteiger partial charge in [0.25, 0.3) is 0 Å². The van der Waals surface area contributed by atoms with Gasteiger partial charge in [-0.15, -0.1) is 0 Å². The van der Waals surface area contributed by atoms with Crippen LogP contribution >= 0.6 is 15.9 Å². The minimum absolute atomic E-state index is 0.273. The molecule has 1 unspecified atom stereocenters. The molecule has 2 rings (SSSR count). The molecule has 19 heavy (non-hydrogen) atoms. The van der Waals surface area contributed by atoms with Gasteiger partial charge in [-0.1, -0.05) is 18.2 Å². The first kappa shape index (κ1) is 14.0. The lowest BCUT2D eigenvalue weighted by atomic mass is 10.0. The summed E-state index contributed by atoms with van der Waals surface area (Å²) in [5.41, 5.74) is 1.68. The second-order valence-corrected chi connectivity index (χ2v) is 5.09. The van der Waals surface area contributed by atoms with E-state index in [2.05, 4.69) is 15.9 Å². The van der Waals surface area contributed by atoms with Crippen molar-refractivity contribution in [2.24, 2.45) is 0 Å². The van der Waals surface area contributed by atoms with Crippen LogP contribution in [0.4, 0.5) is 4.39 Å². The van der Waals surface area contributed by atoms with Crippen molar-refractivity contribution in [3.05, 3.63) is 63.9 Å². The van der Waals surface area contributed by atoms with Gasteiger partial charge in [0.1, 0.15) is 11.6 Å². The van der Waals surface area contributed by atoms with Gasteiger partial charge in [-0.05, 0) is 51.3 Å². The lowest BCUT2D eigenvalue weighted by Crippen LogP contribution is -2.02. The highest BCUT2D eigenvalue weighted by Gasteiger charge is 2.11. The molecule has 100 valence electrons. The molecule has 1 N–H and O–H groups in total. The van der Waals surface area contributed by atoms with Crippen molar-refractivity contribution in [1.29, 1.82) is 0 Å². The topological polar surface area (TPSA) is 29.5 Å². The summed E-state index contributed by atoms with van der Waals surface area (Å²) in [6.07, 6.45) is -0.188. The van der Waals surface area contributed by atoms with Gasteiger partial charge >= 0.3 is 0 Å².